The fraction of sp³-hybridized carbons (Fsp3) is 0.308. The Kier molecular flexibility index (Phi) is 2.69. The summed E-state index contributed by atoms with van der Waals surface area (Å²) in [5.41, 5.74) is 2.22. The normalized spacial score (nSPS) is 13.0. The maximum atomic E-state index is 9.32. The number of aliphatic hydroxyl groups is 1. The summed E-state index contributed by atoms with van der Waals surface area (Å²) in [7, 11) is 0. The number of aliphatic hydroxyl groups excluding tert-OH is 1. The van der Waals surface area contributed by atoms with E-state index in [9.17, 15) is 5.11 Å². The zero-order valence-corrected chi connectivity index (χ0v) is 9.07. The largest absolute Gasteiger partial charge is 0.393 e. The molecule has 2 heteroatoms. The first-order valence-electron chi connectivity index (χ1n) is 5.19. The van der Waals surface area contributed by atoms with E-state index >= 15 is 0 Å². The highest BCUT2D eigenvalue weighted by molar-refractivity contribution is 5.84. The van der Waals surface area contributed by atoms with Crippen LogP contribution in [0.15, 0.2) is 30.5 Å². The van der Waals surface area contributed by atoms with Crippen molar-refractivity contribution in [2.45, 2.75) is 26.4 Å². The van der Waals surface area contributed by atoms with Crippen molar-refractivity contribution in [2.24, 2.45) is 0 Å². The van der Waals surface area contributed by atoms with Gasteiger partial charge in [0.05, 0.1) is 6.10 Å². The van der Waals surface area contributed by atoms with Gasteiger partial charge in [-0.1, -0.05) is 18.2 Å². The van der Waals surface area contributed by atoms with E-state index in [1.165, 1.54) is 16.3 Å². The zero-order valence-electron chi connectivity index (χ0n) is 9.07. The summed E-state index contributed by atoms with van der Waals surface area (Å²) < 4.78 is 0. The number of aromatic nitrogens is 1. The minimum Gasteiger partial charge on any atom is -0.393 e. The van der Waals surface area contributed by atoms with Gasteiger partial charge in [-0.3, -0.25) is 4.98 Å². The first-order valence-corrected chi connectivity index (χ1v) is 5.19. The number of fused-ring (bicyclic) bond motifs is 1. The second-order valence-corrected chi connectivity index (χ2v) is 4.00. The molecular formula is C13H15NO. The topological polar surface area (TPSA) is 33.1 Å². The maximum absolute atomic E-state index is 9.32. The Balaban J connectivity index is 2.48. The molecule has 1 aromatic carbocycles. The predicted molar refractivity (Wildman–Crippen MR) is 61.9 cm³/mol. The Morgan fingerprint density at radius 3 is 2.87 bits per heavy atom. The van der Waals surface area contributed by atoms with Gasteiger partial charge in [0.2, 0.25) is 0 Å². The van der Waals surface area contributed by atoms with Crippen LogP contribution in [0.25, 0.3) is 10.8 Å². The van der Waals surface area contributed by atoms with Crippen LogP contribution in [0.4, 0.5) is 0 Å². The van der Waals surface area contributed by atoms with E-state index in [1.54, 1.807) is 0 Å². The molecule has 1 heterocycles. The van der Waals surface area contributed by atoms with E-state index in [-0.39, 0.29) is 6.10 Å². The third kappa shape index (κ3) is 2.16. The SMILES string of the molecule is Cc1nccc2cc(CC(C)O)ccc12. The Labute approximate surface area is 89.6 Å². The van der Waals surface area contributed by atoms with Gasteiger partial charge in [0.15, 0.2) is 0 Å². The maximum Gasteiger partial charge on any atom is 0.0552 e. The Morgan fingerprint density at radius 2 is 2.13 bits per heavy atom. The molecule has 15 heavy (non-hydrogen) atoms. The van der Waals surface area contributed by atoms with Gasteiger partial charge in [-0.25, -0.2) is 0 Å². The lowest BCUT2D eigenvalue weighted by molar-refractivity contribution is 0.195. The lowest BCUT2D eigenvalue weighted by Crippen LogP contribution is -2.03. The summed E-state index contributed by atoms with van der Waals surface area (Å²) in [6.07, 6.45) is 2.24. The van der Waals surface area contributed by atoms with Crippen LogP contribution in [0.3, 0.4) is 0 Å². The molecule has 0 spiro atoms. The van der Waals surface area contributed by atoms with Crippen molar-refractivity contribution in [3.8, 4) is 0 Å². The van der Waals surface area contributed by atoms with E-state index in [0.717, 1.165) is 5.69 Å². The van der Waals surface area contributed by atoms with Crippen molar-refractivity contribution in [1.29, 1.82) is 0 Å². The van der Waals surface area contributed by atoms with E-state index in [1.807, 2.05) is 26.1 Å². The van der Waals surface area contributed by atoms with Crippen LogP contribution < -0.4 is 0 Å². The van der Waals surface area contributed by atoms with Crippen molar-refractivity contribution >= 4 is 10.8 Å². The zero-order chi connectivity index (χ0) is 10.8. The summed E-state index contributed by atoms with van der Waals surface area (Å²) in [5, 5.41) is 11.7. The average Bonchev–Trinajstić information content (AvgIpc) is 2.17. The van der Waals surface area contributed by atoms with Gasteiger partial charge < -0.3 is 5.11 Å². The third-order valence-corrected chi connectivity index (χ3v) is 2.56. The fourth-order valence-corrected chi connectivity index (χ4v) is 1.85. The molecule has 2 aromatic rings. The summed E-state index contributed by atoms with van der Waals surface area (Å²) >= 11 is 0. The first-order chi connectivity index (χ1) is 7.16. The van der Waals surface area contributed by atoms with Crippen molar-refractivity contribution in [3.63, 3.8) is 0 Å². The lowest BCUT2D eigenvalue weighted by atomic mass is 10.0. The Bertz CT molecular complexity index is 477. The molecule has 0 aliphatic rings. The lowest BCUT2D eigenvalue weighted by Gasteiger charge is -2.06. The number of benzene rings is 1. The predicted octanol–water partition coefficient (Wildman–Crippen LogP) is 2.47. The number of hydrogen-bond donors (Lipinski definition) is 1. The van der Waals surface area contributed by atoms with Crippen LogP contribution in [0, 0.1) is 6.92 Å². The van der Waals surface area contributed by atoms with Gasteiger partial charge >= 0.3 is 0 Å². The van der Waals surface area contributed by atoms with Gasteiger partial charge in [-0.15, -0.1) is 0 Å². The van der Waals surface area contributed by atoms with Crippen LogP contribution in [-0.2, 0) is 6.42 Å². The van der Waals surface area contributed by atoms with Gasteiger partial charge in [0.1, 0.15) is 0 Å². The molecule has 0 radical (unpaired) electrons. The standard InChI is InChI=1S/C13H15NO/c1-9(15)7-11-3-4-13-10(2)14-6-5-12(13)8-11/h3-6,8-9,15H,7H2,1-2H3. The van der Waals surface area contributed by atoms with Crippen molar-refractivity contribution in [3.05, 3.63) is 41.7 Å². The summed E-state index contributed by atoms with van der Waals surface area (Å²) in [6, 6.07) is 8.27. The number of pyridine rings is 1. The molecule has 1 aromatic heterocycles. The molecule has 0 aliphatic heterocycles. The van der Waals surface area contributed by atoms with Gasteiger partial charge in [0.25, 0.3) is 0 Å². The van der Waals surface area contributed by atoms with Crippen LogP contribution in [0.2, 0.25) is 0 Å². The van der Waals surface area contributed by atoms with Crippen LogP contribution in [-0.4, -0.2) is 16.2 Å². The van der Waals surface area contributed by atoms with E-state index in [4.69, 9.17) is 0 Å². The molecule has 0 saturated heterocycles. The third-order valence-electron chi connectivity index (χ3n) is 2.56. The highest BCUT2D eigenvalue weighted by Gasteiger charge is 2.02. The molecule has 1 N–H and O–H groups in total. The number of aryl methyl sites for hydroxylation is 1. The quantitative estimate of drug-likeness (QED) is 0.809. The fourth-order valence-electron chi connectivity index (χ4n) is 1.85. The molecule has 0 amide bonds. The van der Waals surface area contributed by atoms with Crippen LogP contribution in [0.5, 0.6) is 0 Å². The van der Waals surface area contributed by atoms with E-state index in [2.05, 4.69) is 23.2 Å². The molecule has 78 valence electrons. The van der Waals surface area contributed by atoms with Crippen molar-refractivity contribution < 1.29 is 5.11 Å². The summed E-state index contributed by atoms with van der Waals surface area (Å²) in [4.78, 5) is 4.25. The second kappa shape index (κ2) is 3.99. The second-order valence-electron chi connectivity index (χ2n) is 4.00. The molecule has 0 bridgehead atoms. The van der Waals surface area contributed by atoms with Crippen molar-refractivity contribution in [2.75, 3.05) is 0 Å². The molecule has 2 rings (SSSR count). The Morgan fingerprint density at radius 1 is 1.33 bits per heavy atom. The van der Waals surface area contributed by atoms with Crippen molar-refractivity contribution in [1.82, 2.24) is 4.98 Å². The molecule has 0 saturated carbocycles. The monoisotopic (exact) mass is 201 g/mol. The molecule has 0 fully saturated rings. The highest BCUT2D eigenvalue weighted by Crippen LogP contribution is 2.18. The van der Waals surface area contributed by atoms with E-state index in [0.29, 0.717) is 6.42 Å². The Hall–Kier alpha value is -1.41. The minimum absolute atomic E-state index is 0.287. The van der Waals surface area contributed by atoms with Crippen LogP contribution in [0.1, 0.15) is 18.2 Å². The molecule has 2 nitrogen and oxygen atoms in total. The molecular weight excluding hydrogens is 186 g/mol. The summed E-state index contributed by atoms with van der Waals surface area (Å²) in [6.45, 7) is 3.82. The number of hydrogen-bond acceptors (Lipinski definition) is 2. The number of nitrogens with zero attached hydrogens (tertiary/aromatic N) is 1. The first kappa shape index (κ1) is 10.1. The van der Waals surface area contributed by atoms with E-state index < -0.39 is 0 Å². The highest BCUT2D eigenvalue weighted by atomic mass is 16.3. The molecule has 1 atom stereocenters. The molecule has 0 aliphatic carbocycles. The number of rotatable bonds is 2. The average molecular weight is 201 g/mol. The summed E-state index contributed by atoms with van der Waals surface area (Å²) in [5.74, 6) is 0. The van der Waals surface area contributed by atoms with Gasteiger partial charge in [-0.05, 0) is 37.3 Å². The smallest absolute Gasteiger partial charge is 0.0552 e. The van der Waals surface area contributed by atoms with Crippen LogP contribution >= 0.6 is 0 Å². The molecule has 1 unspecified atom stereocenters. The minimum atomic E-state index is -0.287. The van der Waals surface area contributed by atoms with Gasteiger partial charge in [-0.2, -0.15) is 0 Å². The van der Waals surface area contributed by atoms with Gasteiger partial charge in [0, 0.05) is 17.3 Å².